The van der Waals surface area contributed by atoms with E-state index in [4.69, 9.17) is 5.11 Å². The predicted octanol–water partition coefficient (Wildman–Crippen LogP) is 2.07. The third kappa shape index (κ3) is 4.23. The van der Waals surface area contributed by atoms with Gasteiger partial charge in [0, 0.05) is 31.2 Å². The molecule has 0 spiro atoms. The van der Waals surface area contributed by atoms with Crippen molar-refractivity contribution in [3.8, 4) is 0 Å². The van der Waals surface area contributed by atoms with E-state index in [0.717, 1.165) is 19.0 Å². The van der Waals surface area contributed by atoms with Crippen LogP contribution in [0.2, 0.25) is 0 Å². The van der Waals surface area contributed by atoms with Crippen LogP contribution < -0.4 is 5.32 Å². The van der Waals surface area contributed by atoms with Crippen molar-refractivity contribution in [3.63, 3.8) is 0 Å². The van der Waals surface area contributed by atoms with Gasteiger partial charge in [-0.15, -0.1) is 0 Å². The fourth-order valence-corrected chi connectivity index (χ4v) is 2.59. The van der Waals surface area contributed by atoms with Crippen molar-refractivity contribution in [2.24, 2.45) is 0 Å². The van der Waals surface area contributed by atoms with Crippen LogP contribution in [0.25, 0.3) is 0 Å². The van der Waals surface area contributed by atoms with Crippen molar-refractivity contribution in [1.29, 1.82) is 0 Å². The summed E-state index contributed by atoms with van der Waals surface area (Å²) in [6.07, 6.45) is 3.12. The van der Waals surface area contributed by atoms with E-state index in [2.05, 4.69) is 10.2 Å². The van der Waals surface area contributed by atoms with Crippen LogP contribution in [0.1, 0.15) is 30.9 Å². The molecule has 2 N–H and O–H groups in total. The van der Waals surface area contributed by atoms with Gasteiger partial charge in [0.15, 0.2) is 0 Å². The largest absolute Gasteiger partial charge is 0.395 e. The van der Waals surface area contributed by atoms with E-state index in [1.165, 1.54) is 25.0 Å². The minimum Gasteiger partial charge on any atom is -0.395 e. The van der Waals surface area contributed by atoms with Crippen LogP contribution in [0.3, 0.4) is 0 Å². The minimum absolute atomic E-state index is 0.0832. The quantitative estimate of drug-likeness (QED) is 0.767. The van der Waals surface area contributed by atoms with Gasteiger partial charge in [-0.1, -0.05) is 0 Å². The maximum Gasteiger partial charge on any atom is 0.126 e. The molecule has 112 valence electrons. The average Bonchev–Trinajstić information content (AvgIpc) is 3.21. The molecule has 1 aromatic carbocycles. The third-order valence-corrected chi connectivity index (χ3v) is 3.79. The molecule has 0 heterocycles. The number of aliphatic hydroxyl groups is 1. The van der Waals surface area contributed by atoms with E-state index in [-0.39, 0.29) is 12.6 Å². The Hall–Kier alpha value is -1.04. The van der Waals surface area contributed by atoms with Gasteiger partial charge in [-0.05, 0) is 44.0 Å². The van der Waals surface area contributed by atoms with Gasteiger partial charge in [0.1, 0.15) is 11.6 Å². The molecule has 0 aliphatic heterocycles. The summed E-state index contributed by atoms with van der Waals surface area (Å²) < 4.78 is 26.5. The molecule has 0 bridgehead atoms. The number of benzene rings is 1. The Morgan fingerprint density at radius 1 is 1.25 bits per heavy atom. The van der Waals surface area contributed by atoms with Gasteiger partial charge in [0.2, 0.25) is 0 Å². The van der Waals surface area contributed by atoms with Crippen LogP contribution in [-0.2, 0) is 0 Å². The number of hydrogen-bond donors (Lipinski definition) is 2. The fourth-order valence-electron chi connectivity index (χ4n) is 2.59. The van der Waals surface area contributed by atoms with E-state index >= 15 is 0 Å². The molecule has 1 atom stereocenters. The Labute approximate surface area is 118 Å². The van der Waals surface area contributed by atoms with Crippen molar-refractivity contribution < 1.29 is 13.9 Å². The van der Waals surface area contributed by atoms with E-state index in [0.29, 0.717) is 18.2 Å². The molecule has 1 unspecified atom stereocenters. The summed E-state index contributed by atoms with van der Waals surface area (Å²) >= 11 is 0. The number of rotatable bonds is 8. The highest BCUT2D eigenvalue weighted by Gasteiger charge is 2.28. The van der Waals surface area contributed by atoms with Gasteiger partial charge in [0.05, 0.1) is 6.61 Å². The number of nitrogens with one attached hydrogen (secondary N) is 1. The van der Waals surface area contributed by atoms with Crippen molar-refractivity contribution in [1.82, 2.24) is 10.2 Å². The van der Waals surface area contributed by atoms with E-state index in [1.807, 2.05) is 0 Å². The van der Waals surface area contributed by atoms with E-state index in [1.54, 1.807) is 7.05 Å². The lowest BCUT2D eigenvalue weighted by molar-refractivity contribution is 0.183. The van der Waals surface area contributed by atoms with Crippen LogP contribution >= 0.6 is 0 Å². The number of hydrogen-bond acceptors (Lipinski definition) is 3. The molecular formula is C15H22F2N2O. The van der Waals surface area contributed by atoms with Gasteiger partial charge in [-0.2, -0.15) is 0 Å². The van der Waals surface area contributed by atoms with Crippen molar-refractivity contribution in [2.45, 2.75) is 31.3 Å². The number of halogens is 2. The molecule has 1 aromatic rings. The van der Waals surface area contributed by atoms with Crippen LogP contribution in [0, 0.1) is 11.6 Å². The van der Waals surface area contributed by atoms with Gasteiger partial charge in [-0.3, -0.25) is 4.90 Å². The van der Waals surface area contributed by atoms with Crippen LogP contribution in [0.5, 0.6) is 0 Å². The molecule has 1 aliphatic rings. The summed E-state index contributed by atoms with van der Waals surface area (Å²) in [6.45, 7) is 1.63. The molecule has 1 aliphatic carbocycles. The maximum atomic E-state index is 13.3. The molecule has 0 amide bonds. The first-order chi connectivity index (χ1) is 9.63. The first-order valence-electron chi connectivity index (χ1n) is 7.12. The highest BCUT2D eigenvalue weighted by Crippen LogP contribution is 2.28. The number of nitrogens with zero attached hydrogens (tertiary/aromatic N) is 1. The number of aliphatic hydroxyl groups excluding tert-OH is 1. The molecule has 1 saturated carbocycles. The fraction of sp³-hybridized carbons (Fsp3) is 0.600. The Morgan fingerprint density at radius 2 is 1.90 bits per heavy atom. The second-order valence-electron chi connectivity index (χ2n) is 5.32. The van der Waals surface area contributed by atoms with Crippen LogP contribution in [0.4, 0.5) is 8.78 Å². The second-order valence-corrected chi connectivity index (χ2v) is 5.32. The summed E-state index contributed by atoms with van der Waals surface area (Å²) in [5.74, 6) is -1.09. The zero-order chi connectivity index (χ0) is 14.5. The maximum absolute atomic E-state index is 13.3. The summed E-state index contributed by atoms with van der Waals surface area (Å²) in [7, 11) is 1.79. The predicted molar refractivity (Wildman–Crippen MR) is 74.5 cm³/mol. The molecule has 1 fully saturated rings. The van der Waals surface area contributed by atoms with Crippen molar-refractivity contribution >= 4 is 0 Å². The first kappa shape index (κ1) is 15.4. The third-order valence-electron chi connectivity index (χ3n) is 3.79. The Morgan fingerprint density at radius 3 is 2.40 bits per heavy atom. The summed E-state index contributed by atoms with van der Waals surface area (Å²) in [5, 5.41) is 12.2. The summed E-state index contributed by atoms with van der Waals surface area (Å²) in [4.78, 5) is 2.25. The second kappa shape index (κ2) is 7.11. The smallest absolute Gasteiger partial charge is 0.126 e. The zero-order valence-electron chi connectivity index (χ0n) is 11.8. The lowest BCUT2D eigenvalue weighted by atomic mass is 10.0. The van der Waals surface area contributed by atoms with Crippen LogP contribution in [-0.4, -0.2) is 42.8 Å². The molecule has 2 rings (SSSR count). The van der Waals surface area contributed by atoms with Crippen molar-refractivity contribution in [2.75, 3.05) is 26.7 Å². The standard InChI is InChI=1S/C15H22F2N2O/c1-18-15(11-8-12(16)10-13(17)9-11)4-5-19(6-7-20)14-2-3-14/h8-10,14-15,18,20H,2-7H2,1H3. The zero-order valence-corrected chi connectivity index (χ0v) is 11.8. The first-order valence-corrected chi connectivity index (χ1v) is 7.12. The molecule has 0 radical (unpaired) electrons. The van der Waals surface area contributed by atoms with E-state index < -0.39 is 11.6 Å². The molecule has 0 aromatic heterocycles. The van der Waals surface area contributed by atoms with Crippen molar-refractivity contribution in [3.05, 3.63) is 35.4 Å². The normalized spacial score (nSPS) is 16.6. The monoisotopic (exact) mass is 284 g/mol. The molecule has 0 saturated heterocycles. The lowest BCUT2D eigenvalue weighted by Gasteiger charge is -2.24. The summed E-state index contributed by atoms with van der Waals surface area (Å²) in [6, 6.07) is 4.12. The highest BCUT2D eigenvalue weighted by molar-refractivity contribution is 5.21. The lowest BCUT2D eigenvalue weighted by Crippen LogP contribution is -2.32. The van der Waals surface area contributed by atoms with Gasteiger partial charge < -0.3 is 10.4 Å². The Balaban J connectivity index is 1.97. The van der Waals surface area contributed by atoms with Crippen LogP contribution in [0.15, 0.2) is 18.2 Å². The van der Waals surface area contributed by atoms with Gasteiger partial charge in [-0.25, -0.2) is 8.78 Å². The molecule has 3 nitrogen and oxygen atoms in total. The molecular weight excluding hydrogens is 262 g/mol. The molecule has 20 heavy (non-hydrogen) atoms. The minimum atomic E-state index is -0.547. The van der Waals surface area contributed by atoms with Gasteiger partial charge >= 0.3 is 0 Å². The van der Waals surface area contributed by atoms with Gasteiger partial charge in [0.25, 0.3) is 0 Å². The Kier molecular flexibility index (Phi) is 5.46. The Bertz CT molecular complexity index is 418. The highest BCUT2D eigenvalue weighted by atomic mass is 19.1. The molecule has 5 heteroatoms. The summed E-state index contributed by atoms with van der Waals surface area (Å²) in [5.41, 5.74) is 0.629. The SMILES string of the molecule is CNC(CCN(CCO)C1CC1)c1cc(F)cc(F)c1. The van der Waals surface area contributed by atoms with E-state index in [9.17, 15) is 8.78 Å². The average molecular weight is 284 g/mol. The topological polar surface area (TPSA) is 35.5 Å².